The number of nitriles is 1. The summed E-state index contributed by atoms with van der Waals surface area (Å²) in [7, 11) is 1.81. The third kappa shape index (κ3) is 4.44. The highest BCUT2D eigenvalue weighted by atomic mass is 16.5. The van der Waals surface area contributed by atoms with Crippen LogP contribution >= 0.6 is 0 Å². The number of carbonyl (C=O) groups is 1. The minimum atomic E-state index is -0.0930. The molecule has 5 heteroatoms. The summed E-state index contributed by atoms with van der Waals surface area (Å²) in [6.45, 7) is 2.51. The second-order valence-corrected chi connectivity index (χ2v) is 3.92. The molecule has 0 aliphatic heterocycles. The average Bonchev–Trinajstić information content (AvgIpc) is 2.38. The Kier molecular flexibility index (Phi) is 5.68. The molecule has 1 aromatic rings. The molecule has 0 aliphatic rings. The molecule has 0 aromatic heterocycles. The van der Waals surface area contributed by atoms with Crippen LogP contribution in [-0.4, -0.2) is 26.1 Å². The number of amides is 1. The van der Waals surface area contributed by atoms with E-state index in [1.807, 2.05) is 20.0 Å². The lowest BCUT2D eigenvalue weighted by Crippen LogP contribution is -2.28. The maximum absolute atomic E-state index is 11.7. The summed E-state index contributed by atoms with van der Waals surface area (Å²) in [5, 5.41) is 14.1. The van der Waals surface area contributed by atoms with Gasteiger partial charge in [-0.1, -0.05) is 6.92 Å². The number of ether oxygens (including phenoxy) is 1. The fourth-order valence-electron chi connectivity index (χ4n) is 1.41. The molecule has 2 N–H and O–H groups in total. The Bertz CT molecular complexity index is 423. The van der Waals surface area contributed by atoms with Crippen molar-refractivity contribution in [2.24, 2.45) is 5.92 Å². The lowest BCUT2D eigenvalue weighted by atomic mass is 10.1. The Morgan fingerprint density at radius 3 is 2.67 bits per heavy atom. The molecule has 0 saturated carbocycles. The number of hydrogen-bond donors (Lipinski definition) is 2. The molecule has 1 rings (SSSR count). The van der Waals surface area contributed by atoms with Gasteiger partial charge in [0.1, 0.15) is 11.8 Å². The molecule has 1 amide bonds. The van der Waals surface area contributed by atoms with Gasteiger partial charge in [-0.25, -0.2) is 0 Å². The van der Waals surface area contributed by atoms with Crippen LogP contribution in [0.25, 0.3) is 0 Å². The zero-order valence-electron chi connectivity index (χ0n) is 10.6. The summed E-state index contributed by atoms with van der Waals surface area (Å²) in [6.07, 6.45) is 0. The first-order chi connectivity index (χ1) is 8.67. The van der Waals surface area contributed by atoms with Crippen LogP contribution in [-0.2, 0) is 4.79 Å². The second-order valence-electron chi connectivity index (χ2n) is 3.92. The van der Waals surface area contributed by atoms with E-state index in [9.17, 15) is 4.79 Å². The van der Waals surface area contributed by atoms with Gasteiger partial charge >= 0.3 is 0 Å². The van der Waals surface area contributed by atoms with Gasteiger partial charge in [-0.3, -0.25) is 4.79 Å². The van der Waals surface area contributed by atoms with Crippen molar-refractivity contribution >= 4 is 11.6 Å². The SMILES string of the molecule is CNCC(C)C(=O)Nc1ccc(OCC#N)cc1. The molecular weight excluding hydrogens is 230 g/mol. The summed E-state index contributed by atoms with van der Waals surface area (Å²) in [5.41, 5.74) is 0.715. The highest BCUT2D eigenvalue weighted by Crippen LogP contribution is 2.16. The van der Waals surface area contributed by atoms with Gasteiger partial charge in [-0.15, -0.1) is 0 Å². The van der Waals surface area contributed by atoms with E-state index in [0.717, 1.165) is 0 Å². The molecule has 0 radical (unpaired) electrons. The van der Waals surface area contributed by atoms with Crippen LogP contribution in [0.4, 0.5) is 5.69 Å². The summed E-state index contributed by atoms with van der Waals surface area (Å²) in [4.78, 5) is 11.7. The number of nitrogens with zero attached hydrogens (tertiary/aromatic N) is 1. The molecule has 1 aromatic carbocycles. The molecule has 96 valence electrons. The molecule has 1 unspecified atom stereocenters. The van der Waals surface area contributed by atoms with Crippen molar-refractivity contribution < 1.29 is 9.53 Å². The first kappa shape index (κ1) is 14.0. The van der Waals surface area contributed by atoms with E-state index < -0.39 is 0 Å². The average molecular weight is 247 g/mol. The molecule has 0 bridgehead atoms. The minimum absolute atomic E-state index is 0.0188. The highest BCUT2D eigenvalue weighted by molar-refractivity contribution is 5.92. The number of benzene rings is 1. The van der Waals surface area contributed by atoms with Crippen LogP contribution in [0.2, 0.25) is 0 Å². The van der Waals surface area contributed by atoms with E-state index in [4.69, 9.17) is 10.00 Å². The molecule has 0 aliphatic carbocycles. The first-order valence-electron chi connectivity index (χ1n) is 5.72. The van der Waals surface area contributed by atoms with Crippen molar-refractivity contribution in [3.63, 3.8) is 0 Å². The summed E-state index contributed by atoms with van der Waals surface area (Å²) in [5.74, 6) is 0.484. The van der Waals surface area contributed by atoms with Crippen LogP contribution in [0.1, 0.15) is 6.92 Å². The Labute approximate surface area is 107 Å². The summed E-state index contributed by atoms with van der Waals surface area (Å²) < 4.78 is 5.12. The second kappa shape index (κ2) is 7.30. The summed E-state index contributed by atoms with van der Waals surface area (Å²) >= 11 is 0. The number of hydrogen-bond acceptors (Lipinski definition) is 4. The Balaban J connectivity index is 2.53. The van der Waals surface area contributed by atoms with Crippen molar-refractivity contribution in [3.8, 4) is 11.8 Å². The van der Waals surface area contributed by atoms with E-state index in [1.54, 1.807) is 24.3 Å². The monoisotopic (exact) mass is 247 g/mol. The van der Waals surface area contributed by atoms with Crippen LogP contribution < -0.4 is 15.4 Å². The van der Waals surface area contributed by atoms with Gasteiger partial charge in [-0.2, -0.15) is 5.26 Å². The van der Waals surface area contributed by atoms with E-state index in [0.29, 0.717) is 18.0 Å². The normalized spacial score (nSPS) is 11.4. The maximum atomic E-state index is 11.7. The largest absolute Gasteiger partial charge is 0.479 e. The van der Waals surface area contributed by atoms with E-state index in [2.05, 4.69) is 10.6 Å². The topological polar surface area (TPSA) is 74.2 Å². The standard InChI is InChI=1S/C13H17N3O2/c1-10(9-15-2)13(17)16-11-3-5-12(6-4-11)18-8-7-14/h3-6,10,15H,8-9H2,1-2H3,(H,16,17). The van der Waals surface area contributed by atoms with Gasteiger partial charge in [0.15, 0.2) is 6.61 Å². The van der Waals surface area contributed by atoms with Crippen molar-refractivity contribution in [3.05, 3.63) is 24.3 Å². The van der Waals surface area contributed by atoms with Crippen LogP contribution in [0.5, 0.6) is 5.75 Å². The predicted octanol–water partition coefficient (Wildman–Crippen LogP) is 1.38. The van der Waals surface area contributed by atoms with Gasteiger partial charge in [0, 0.05) is 18.2 Å². The number of carbonyl (C=O) groups excluding carboxylic acids is 1. The lowest BCUT2D eigenvalue weighted by Gasteiger charge is -2.11. The third-order valence-corrected chi connectivity index (χ3v) is 2.38. The summed E-state index contributed by atoms with van der Waals surface area (Å²) in [6, 6.07) is 8.82. The molecule has 0 saturated heterocycles. The Morgan fingerprint density at radius 2 is 2.11 bits per heavy atom. The van der Waals surface area contributed by atoms with Crippen LogP contribution in [0.3, 0.4) is 0 Å². The molecule has 18 heavy (non-hydrogen) atoms. The van der Waals surface area contributed by atoms with Crippen molar-refractivity contribution in [2.75, 3.05) is 25.5 Å². The lowest BCUT2D eigenvalue weighted by molar-refractivity contribution is -0.119. The molecule has 1 atom stereocenters. The van der Waals surface area contributed by atoms with Crippen molar-refractivity contribution in [1.82, 2.24) is 5.32 Å². The van der Waals surface area contributed by atoms with Crippen LogP contribution in [0, 0.1) is 17.2 Å². The fourth-order valence-corrected chi connectivity index (χ4v) is 1.41. The van der Waals surface area contributed by atoms with Gasteiger partial charge in [0.25, 0.3) is 0 Å². The smallest absolute Gasteiger partial charge is 0.228 e. The fraction of sp³-hybridized carbons (Fsp3) is 0.385. The quantitative estimate of drug-likeness (QED) is 0.796. The molecule has 0 heterocycles. The van der Waals surface area contributed by atoms with E-state index in [1.165, 1.54) is 0 Å². The minimum Gasteiger partial charge on any atom is -0.479 e. The Hall–Kier alpha value is -2.06. The van der Waals surface area contributed by atoms with E-state index >= 15 is 0 Å². The van der Waals surface area contributed by atoms with Crippen molar-refractivity contribution in [2.45, 2.75) is 6.92 Å². The predicted molar refractivity (Wildman–Crippen MR) is 69.3 cm³/mol. The Morgan fingerprint density at radius 1 is 1.44 bits per heavy atom. The molecular formula is C13H17N3O2. The zero-order chi connectivity index (χ0) is 13.4. The highest BCUT2D eigenvalue weighted by Gasteiger charge is 2.11. The first-order valence-corrected chi connectivity index (χ1v) is 5.72. The van der Waals surface area contributed by atoms with E-state index in [-0.39, 0.29) is 18.4 Å². The maximum Gasteiger partial charge on any atom is 0.228 e. The van der Waals surface area contributed by atoms with Gasteiger partial charge in [0.2, 0.25) is 5.91 Å². The number of nitrogens with one attached hydrogen (secondary N) is 2. The van der Waals surface area contributed by atoms with Gasteiger partial charge in [-0.05, 0) is 31.3 Å². The molecule has 5 nitrogen and oxygen atoms in total. The third-order valence-electron chi connectivity index (χ3n) is 2.38. The van der Waals surface area contributed by atoms with Crippen molar-refractivity contribution in [1.29, 1.82) is 5.26 Å². The number of rotatable bonds is 6. The van der Waals surface area contributed by atoms with Gasteiger partial charge in [0.05, 0.1) is 0 Å². The van der Waals surface area contributed by atoms with Crippen LogP contribution in [0.15, 0.2) is 24.3 Å². The number of anilines is 1. The zero-order valence-corrected chi connectivity index (χ0v) is 10.6. The van der Waals surface area contributed by atoms with Gasteiger partial charge < -0.3 is 15.4 Å². The molecule has 0 spiro atoms. The molecule has 0 fully saturated rings.